The summed E-state index contributed by atoms with van der Waals surface area (Å²) in [7, 11) is 1.82. The van der Waals surface area contributed by atoms with Crippen molar-refractivity contribution in [2.45, 2.75) is 19.5 Å². The minimum absolute atomic E-state index is 0.0192. The number of para-hydroxylation sites is 1. The van der Waals surface area contributed by atoms with Gasteiger partial charge in [-0.05, 0) is 43.7 Å². The fraction of sp³-hybridized carbons (Fsp3) is 0.278. The molecule has 0 saturated carbocycles. The van der Waals surface area contributed by atoms with Crippen LogP contribution in [0.2, 0.25) is 0 Å². The normalized spacial score (nSPS) is 20.3. The third-order valence-electron chi connectivity index (χ3n) is 4.24. The van der Waals surface area contributed by atoms with Crippen molar-refractivity contribution in [1.82, 2.24) is 4.90 Å². The van der Waals surface area contributed by atoms with Crippen molar-refractivity contribution in [3.8, 4) is 5.75 Å². The van der Waals surface area contributed by atoms with E-state index >= 15 is 0 Å². The molecule has 1 N–H and O–H groups in total. The van der Waals surface area contributed by atoms with Gasteiger partial charge in [0.1, 0.15) is 11.4 Å². The second-order valence-electron chi connectivity index (χ2n) is 5.56. The van der Waals surface area contributed by atoms with Gasteiger partial charge < -0.3 is 15.0 Å². The molecule has 3 rings (SSSR count). The van der Waals surface area contributed by atoms with Gasteiger partial charge in [-0.25, -0.2) is 0 Å². The highest BCUT2D eigenvalue weighted by Gasteiger charge is 2.39. The third kappa shape index (κ3) is 2.21. The zero-order chi connectivity index (χ0) is 15.7. The number of carbonyl (C=O) groups excluding carboxylic acids is 1. The number of ether oxygens (including phenoxy) is 1. The number of fused-ring (bicyclic) bond motifs is 1. The summed E-state index contributed by atoms with van der Waals surface area (Å²) >= 11 is 0. The maximum absolute atomic E-state index is 12.6. The fourth-order valence-electron chi connectivity index (χ4n) is 2.82. The highest BCUT2D eigenvalue weighted by molar-refractivity contribution is 6.02. The van der Waals surface area contributed by atoms with Crippen molar-refractivity contribution in [1.29, 1.82) is 0 Å². The molecule has 0 bridgehead atoms. The first-order chi connectivity index (χ1) is 10.6. The average Bonchev–Trinajstić information content (AvgIpc) is 2.54. The van der Waals surface area contributed by atoms with Crippen LogP contribution < -0.4 is 10.1 Å². The molecule has 0 radical (unpaired) electrons. The highest BCUT2D eigenvalue weighted by atomic mass is 16.5. The van der Waals surface area contributed by atoms with Crippen LogP contribution in [0.15, 0.2) is 48.5 Å². The van der Waals surface area contributed by atoms with E-state index in [9.17, 15) is 4.79 Å². The van der Waals surface area contributed by atoms with Crippen LogP contribution in [0.4, 0.5) is 5.69 Å². The van der Waals surface area contributed by atoms with Crippen LogP contribution in [-0.2, 0) is 5.66 Å². The van der Waals surface area contributed by atoms with Crippen LogP contribution in [-0.4, -0.2) is 24.5 Å². The largest absolute Gasteiger partial charge is 0.494 e. The van der Waals surface area contributed by atoms with Crippen molar-refractivity contribution in [2.75, 3.05) is 19.0 Å². The van der Waals surface area contributed by atoms with Gasteiger partial charge >= 0.3 is 0 Å². The summed E-state index contributed by atoms with van der Waals surface area (Å²) in [6.07, 6.45) is 0. The summed E-state index contributed by atoms with van der Waals surface area (Å²) in [5.74, 6) is 0.853. The molecule has 2 aromatic rings. The van der Waals surface area contributed by atoms with Crippen LogP contribution >= 0.6 is 0 Å². The molecule has 4 heteroatoms. The summed E-state index contributed by atoms with van der Waals surface area (Å²) < 4.78 is 5.48. The summed E-state index contributed by atoms with van der Waals surface area (Å²) in [6.45, 7) is 4.61. The van der Waals surface area contributed by atoms with E-state index in [1.807, 2.05) is 69.4 Å². The Balaban J connectivity index is 2.00. The lowest BCUT2D eigenvalue weighted by molar-refractivity contribution is 0.0615. The van der Waals surface area contributed by atoms with Gasteiger partial charge in [0.15, 0.2) is 0 Å². The quantitative estimate of drug-likeness (QED) is 0.943. The van der Waals surface area contributed by atoms with Gasteiger partial charge in [0.2, 0.25) is 0 Å². The van der Waals surface area contributed by atoms with Crippen molar-refractivity contribution in [2.24, 2.45) is 0 Å². The number of rotatable bonds is 3. The number of nitrogens with one attached hydrogen (secondary N) is 1. The number of benzene rings is 2. The Morgan fingerprint density at radius 2 is 1.82 bits per heavy atom. The average molecular weight is 296 g/mol. The van der Waals surface area contributed by atoms with Gasteiger partial charge in [0, 0.05) is 12.7 Å². The van der Waals surface area contributed by atoms with Crippen LogP contribution in [0.1, 0.15) is 29.8 Å². The summed E-state index contributed by atoms with van der Waals surface area (Å²) in [4.78, 5) is 14.4. The van der Waals surface area contributed by atoms with E-state index in [1.54, 1.807) is 4.90 Å². The van der Waals surface area contributed by atoms with Crippen LogP contribution in [0.3, 0.4) is 0 Å². The molecule has 0 aromatic heterocycles. The molecule has 1 atom stereocenters. The molecule has 0 spiro atoms. The van der Waals surface area contributed by atoms with E-state index in [-0.39, 0.29) is 5.91 Å². The summed E-state index contributed by atoms with van der Waals surface area (Å²) in [5.41, 5.74) is 1.99. The molecule has 4 nitrogen and oxygen atoms in total. The zero-order valence-electron chi connectivity index (χ0n) is 13.1. The second-order valence-corrected chi connectivity index (χ2v) is 5.56. The van der Waals surface area contributed by atoms with E-state index in [1.165, 1.54) is 0 Å². The number of anilines is 1. The van der Waals surface area contributed by atoms with Crippen molar-refractivity contribution >= 4 is 11.6 Å². The molecule has 22 heavy (non-hydrogen) atoms. The van der Waals surface area contributed by atoms with E-state index in [0.717, 1.165) is 17.0 Å². The number of nitrogens with zero attached hydrogens (tertiary/aromatic N) is 1. The first-order valence-corrected chi connectivity index (χ1v) is 7.45. The molecule has 2 aromatic carbocycles. The van der Waals surface area contributed by atoms with Gasteiger partial charge in [-0.1, -0.05) is 24.3 Å². The number of amides is 1. The Hall–Kier alpha value is -2.49. The lowest BCUT2D eigenvalue weighted by atomic mass is 9.94. The number of hydrogen-bond acceptors (Lipinski definition) is 3. The summed E-state index contributed by atoms with van der Waals surface area (Å²) in [5, 5.41) is 3.49. The van der Waals surface area contributed by atoms with Crippen LogP contribution in [0.25, 0.3) is 0 Å². The molecule has 1 unspecified atom stereocenters. The predicted octanol–water partition coefficient (Wildman–Crippen LogP) is 3.46. The monoisotopic (exact) mass is 296 g/mol. The number of carbonyl (C=O) groups is 1. The highest BCUT2D eigenvalue weighted by Crippen LogP contribution is 2.36. The lowest BCUT2D eigenvalue weighted by Gasteiger charge is -2.44. The first kappa shape index (κ1) is 14.4. The fourth-order valence-corrected chi connectivity index (χ4v) is 2.82. The minimum Gasteiger partial charge on any atom is -0.494 e. The van der Waals surface area contributed by atoms with Crippen molar-refractivity contribution in [3.63, 3.8) is 0 Å². The standard InChI is InChI=1S/C18H20N2O2/c1-4-22-14-11-9-13(10-12-14)18(2)19-16-8-6-5-7-15(16)17(21)20(18)3/h5-12,19H,4H2,1-3H3. The van der Waals surface area contributed by atoms with Crippen LogP contribution in [0, 0.1) is 0 Å². The Labute approximate surface area is 130 Å². The maximum Gasteiger partial charge on any atom is 0.257 e. The van der Waals surface area contributed by atoms with E-state index in [4.69, 9.17) is 4.74 Å². The van der Waals surface area contributed by atoms with Gasteiger partial charge in [-0.3, -0.25) is 4.79 Å². The van der Waals surface area contributed by atoms with Crippen molar-refractivity contribution in [3.05, 3.63) is 59.7 Å². The summed E-state index contributed by atoms with van der Waals surface area (Å²) in [6, 6.07) is 15.5. The van der Waals surface area contributed by atoms with Crippen molar-refractivity contribution < 1.29 is 9.53 Å². The molecule has 0 aliphatic carbocycles. The smallest absolute Gasteiger partial charge is 0.257 e. The molecule has 114 valence electrons. The minimum atomic E-state index is -0.587. The van der Waals surface area contributed by atoms with Gasteiger partial charge in [-0.15, -0.1) is 0 Å². The van der Waals surface area contributed by atoms with Gasteiger partial charge in [0.05, 0.1) is 12.2 Å². The zero-order valence-corrected chi connectivity index (χ0v) is 13.1. The van der Waals surface area contributed by atoms with Gasteiger partial charge in [-0.2, -0.15) is 0 Å². The maximum atomic E-state index is 12.6. The van der Waals surface area contributed by atoms with E-state index in [2.05, 4.69) is 5.32 Å². The molecule has 1 aliphatic rings. The lowest BCUT2D eigenvalue weighted by Crippen LogP contribution is -2.53. The Morgan fingerprint density at radius 3 is 2.50 bits per heavy atom. The third-order valence-corrected chi connectivity index (χ3v) is 4.24. The molecular formula is C18H20N2O2. The Kier molecular flexibility index (Phi) is 3.53. The predicted molar refractivity (Wildman–Crippen MR) is 87.1 cm³/mol. The SMILES string of the molecule is CCOc1ccc(C2(C)Nc3ccccc3C(=O)N2C)cc1. The Morgan fingerprint density at radius 1 is 1.14 bits per heavy atom. The van der Waals surface area contributed by atoms with E-state index in [0.29, 0.717) is 12.2 Å². The van der Waals surface area contributed by atoms with Crippen LogP contribution in [0.5, 0.6) is 5.75 Å². The number of hydrogen-bond donors (Lipinski definition) is 1. The molecular weight excluding hydrogens is 276 g/mol. The van der Waals surface area contributed by atoms with E-state index < -0.39 is 5.66 Å². The molecule has 0 fully saturated rings. The topological polar surface area (TPSA) is 41.6 Å². The van der Waals surface area contributed by atoms with Gasteiger partial charge in [0.25, 0.3) is 5.91 Å². The molecule has 0 saturated heterocycles. The molecule has 1 amide bonds. The Bertz CT molecular complexity index is 696. The molecule has 1 heterocycles. The second kappa shape index (κ2) is 5.37. The first-order valence-electron chi connectivity index (χ1n) is 7.45. The molecule has 1 aliphatic heterocycles.